The first-order valence-corrected chi connectivity index (χ1v) is 14.1. The van der Waals surface area contributed by atoms with Gasteiger partial charge in [0.2, 0.25) is 10.0 Å². The third-order valence-corrected chi connectivity index (χ3v) is 7.07. The second kappa shape index (κ2) is 10.5. The number of alkyl halides is 1. The molecule has 0 aliphatic heterocycles. The van der Waals surface area contributed by atoms with Gasteiger partial charge < -0.3 is 4.74 Å². The van der Waals surface area contributed by atoms with Crippen LogP contribution in [0, 0.1) is 11.3 Å². The molecule has 0 saturated heterocycles. The largest absolute Gasteiger partial charge is 0.489 e. The molecule has 3 aromatic carbocycles. The Labute approximate surface area is 226 Å². The molecule has 37 heavy (non-hydrogen) atoms. The minimum absolute atomic E-state index is 0.241. The predicted octanol–water partition coefficient (Wildman–Crippen LogP) is 6.14. The number of benzene rings is 3. The highest BCUT2D eigenvalue weighted by Crippen LogP contribution is 2.39. The molecule has 1 N–H and O–H groups in total. The number of halogens is 2. The Morgan fingerprint density at radius 3 is 2.38 bits per heavy atom. The van der Waals surface area contributed by atoms with Gasteiger partial charge in [-0.25, -0.2) is 18.4 Å². The fourth-order valence-electron chi connectivity index (χ4n) is 4.06. The van der Waals surface area contributed by atoms with Gasteiger partial charge in [-0.1, -0.05) is 55.8 Å². The average molecular weight is 555 g/mol. The van der Waals surface area contributed by atoms with Gasteiger partial charge in [0.1, 0.15) is 19.0 Å². The summed E-state index contributed by atoms with van der Waals surface area (Å²) in [5.41, 5.74) is 4.36. The van der Waals surface area contributed by atoms with Crippen LogP contribution in [0.15, 0.2) is 60.9 Å². The second-order valence-corrected chi connectivity index (χ2v) is 11.5. The number of hydrogen-bond donors (Lipinski definition) is 1. The van der Waals surface area contributed by atoms with Gasteiger partial charge in [-0.2, -0.15) is 5.26 Å². The highest BCUT2D eigenvalue weighted by atomic mass is 35.5. The van der Waals surface area contributed by atoms with Crippen molar-refractivity contribution in [1.29, 1.82) is 5.26 Å². The monoisotopic (exact) mass is 554 g/mol. The third-order valence-electron chi connectivity index (χ3n) is 6.07. The first kappa shape index (κ1) is 26.7. The smallest absolute Gasteiger partial charge is 0.230 e. The number of hydrogen-bond acceptors (Lipinski definition) is 6. The Morgan fingerprint density at radius 2 is 1.73 bits per heavy atom. The lowest BCUT2D eigenvalue weighted by atomic mass is 9.77. The van der Waals surface area contributed by atoms with Crippen LogP contribution in [0.1, 0.15) is 30.5 Å². The number of anilines is 1. The minimum Gasteiger partial charge on any atom is -0.489 e. The predicted molar refractivity (Wildman–Crippen MR) is 148 cm³/mol. The van der Waals surface area contributed by atoms with Gasteiger partial charge >= 0.3 is 0 Å². The Balaban J connectivity index is 1.66. The molecule has 0 bridgehead atoms. The fraction of sp³-hybridized carbons (Fsp3) is 0.222. The van der Waals surface area contributed by atoms with Gasteiger partial charge in [0, 0.05) is 10.8 Å². The molecule has 1 aromatic heterocycles. The van der Waals surface area contributed by atoms with Gasteiger partial charge in [0.25, 0.3) is 0 Å². The van der Waals surface area contributed by atoms with Crippen molar-refractivity contribution in [3.63, 3.8) is 0 Å². The summed E-state index contributed by atoms with van der Waals surface area (Å²) < 4.78 is 31.3. The first-order chi connectivity index (χ1) is 17.5. The van der Waals surface area contributed by atoms with Crippen molar-refractivity contribution >= 4 is 49.9 Å². The molecule has 10 heteroatoms. The normalized spacial score (nSPS) is 11.8. The van der Waals surface area contributed by atoms with Crippen molar-refractivity contribution in [1.82, 2.24) is 9.97 Å². The SMILES string of the molecule is CC(C)(c1ccc(-c2ccc3c(NS(C)(=O)=O)ncnc3c2)cc1)c1cc(Cl)c(OCCCl)c(C#N)c1. The summed E-state index contributed by atoms with van der Waals surface area (Å²) in [6.07, 6.45) is 2.41. The summed E-state index contributed by atoms with van der Waals surface area (Å²) in [6, 6.07) is 19.5. The van der Waals surface area contributed by atoms with Crippen molar-refractivity contribution in [3.8, 4) is 22.9 Å². The Morgan fingerprint density at radius 1 is 1.03 bits per heavy atom. The van der Waals surface area contributed by atoms with Gasteiger partial charge in [-0.15, -0.1) is 11.6 Å². The Hall–Kier alpha value is -3.38. The zero-order valence-electron chi connectivity index (χ0n) is 20.4. The summed E-state index contributed by atoms with van der Waals surface area (Å²) in [7, 11) is -3.47. The molecule has 0 atom stereocenters. The minimum atomic E-state index is -3.47. The van der Waals surface area contributed by atoms with Gasteiger partial charge in [-0.3, -0.25) is 4.72 Å². The van der Waals surface area contributed by atoms with Crippen molar-refractivity contribution in [2.45, 2.75) is 19.3 Å². The van der Waals surface area contributed by atoms with Gasteiger partial charge in [0.05, 0.1) is 28.2 Å². The number of fused-ring (bicyclic) bond motifs is 1. The lowest BCUT2D eigenvalue weighted by Gasteiger charge is -2.27. The van der Waals surface area contributed by atoms with E-state index < -0.39 is 15.4 Å². The van der Waals surface area contributed by atoms with E-state index in [0.29, 0.717) is 33.1 Å². The number of sulfonamides is 1. The van der Waals surface area contributed by atoms with Gasteiger partial charge in [-0.05, 0) is 46.5 Å². The van der Waals surface area contributed by atoms with Crippen molar-refractivity contribution < 1.29 is 13.2 Å². The molecule has 7 nitrogen and oxygen atoms in total. The molecule has 0 amide bonds. The molecule has 0 unspecified atom stereocenters. The van der Waals surface area contributed by atoms with E-state index in [1.54, 1.807) is 12.1 Å². The molecule has 0 fully saturated rings. The molecule has 0 radical (unpaired) electrons. The summed E-state index contributed by atoms with van der Waals surface area (Å²) in [5, 5.41) is 10.6. The third kappa shape index (κ3) is 5.80. The maximum absolute atomic E-state index is 11.7. The van der Waals surface area contributed by atoms with Crippen LogP contribution in [0.2, 0.25) is 5.02 Å². The fourth-order valence-corrected chi connectivity index (χ4v) is 4.93. The van der Waals surface area contributed by atoms with Crippen LogP contribution in [0.4, 0.5) is 5.82 Å². The molecule has 0 aliphatic rings. The topological polar surface area (TPSA) is 105 Å². The average Bonchev–Trinajstić information content (AvgIpc) is 2.86. The van der Waals surface area contributed by atoms with Crippen LogP contribution in [0.5, 0.6) is 5.75 Å². The second-order valence-electron chi connectivity index (χ2n) is 9.01. The van der Waals surface area contributed by atoms with E-state index in [-0.39, 0.29) is 12.4 Å². The van der Waals surface area contributed by atoms with Crippen LogP contribution in [0.25, 0.3) is 22.0 Å². The number of aromatic nitrogens is 2. The quantitative estimate of drug-likeness (QED) is 0.262. The van der Waals surface area contributed by atoms with Gasteiger partial charge in [0.15, 0.2) is 11.6 Å². The zero-order chi connectivity index (χ0) is 26.8. The van der Waals surface area contributed by atoms with Crippen molar-refractivity contribution in [2.75, 3.05) is 23.5 Å². The maximum Gasteiger partial charge on any atom is 0.230 e. The van der Waals surface area contributed by atoms with E-state index in [1.807, 2.05) is 42.5 Å². The molecule has 4 aromatic rings. The molecule has 4 rings (SSSR count). The van der Waals surface area contributed by atoms with E-state index in [0.717, 1.165) is 28.5 Å². The van der Waals surface area contributed by atoms with E-state index in [4.69, 9.17) is 27.9 Å². The number of nitrogens with one attached hydrogen (secondary N) is 1. The summed E-state index contributed by atoms with van der Waals surface area (Å²) >= 11 is 12.2. The number of nitriles is 1. The summed E-state index contributed by atoms with van der Waals surface area (Å²) in [5.74, 6) is 0.879. The standard InChI is InChI=1S/C27H24Cl2N4O3S/c1-27(2,21-12-19(15-30)25(23(29)14-21)36-11-10-28)20-7-4-17(5-8-20)18-6-9-22-24(13-18)31-16-32-26(22)33-37(3,34)35/h4-9,12-14,16H,10-11H2,1-3H3,(H,31,32,33). The van der Waals surface area contributed by atoms with E-state index in [9.17, 15) is 13.7 Å². The lowest BCUT2D eigenvalue weighted by Crippen LogP contribution is -2.19. The van der Waals surface area contributed by atoms with Crippen LogP contribution in [-0.4, -0.2) is 37.1 Å². The van der Waals surface area contributed by atoms with Crippen LogP contribution in [0.3, 0.4) is 0 Å². The van der Waals surface area contributed by atoms with Crippen LogP contribution < -0.4 is 9.46 Å². The van der Waals surface area contributed by atoms with Crippen LogP contribution in [-0.2, 0) is 15.4 Å². The van der Waals surface area contributed by atoms with Crippen LogP contribution >= 0.6 is 23.2 Å². The van der Waals surface area contributed by atoms with E-state index >= 15 is 0 Å². The lowest BCUT2D eigenvalue weighted by molar-refractivity contribution is 0.341. The number of nitrogens with zero attached hydrogens (tertiary/aromatic N) is 3. The summed E-state index contributed by atoms with van der Waals surface area (Å²) in [6.45, 7) is 4.39. The molecule has 0 spiro atoms. The molecule has 0 saturated carbocycles. The molecule has 0 aliphatic carbocycles. The summed E-state index contributed by atoms with van der Waals surface area (Å²) in [4.78, 5) is 8.36. The molecular formula is C27H24Cl2N4O3S. The first-order valence-electron chi connectivity index (χ1n) is 11.3. The Bertz CT molecular complexity index is 1620. The van der Waals surface area contributed by atoms with Crippen molar-refractivity contribution in [3.05, 3.63) is 82.6 Å². The van der Waals surface area contributed by atoms with Crippen molar-refractivity contribution in [2.24, 2.45) is 0 Å². The maximum atomic E-state index is 11.7. The molecule has 190 valence electrons. The highest BCUT2D eigenvalue weighted by molar-refractivity contribution is 7.92. The molecular weight excluding hydrogens is 531 g/mol. The van der Waals surface area contributed by atoms with E-state index in [1.165, 1.54) is 6.33 Å². The highest BCUT2D eigenvalue weighted by Gasteiger charge is 2.26. The zero-order valence-corrected chi connectivity index (χ0v) is 22.7. The Kier molecular flexibility index (Phi) is 7.60. The number of ether oxygens (including phenoxy) is 1. The molecule has 1 heterocycles. The number of rotatable bonds is 8. The van der Waals surface area contributed by atoms with E-state index in [2.05, 4.69) is 34.6 Å².